The predicted octanol–water partition coefficient (Wildman–Crippen LogP) is 3.07. The molecule has 1 aromatic heterocycles. The van der Waals surface area contributed by atoms with E-state index in [-0.39, 0.29) is 5.76 Å². The molecule has 0 unspecified atom stereocenters. The zero-order valence-corrected chi connectivity index (χ0v) is 11.1. The van der Waals surface area contributed by atoms with Crippen LogP contribution < -0.4 is 10.1 Å². The van der Waals surface area contributed by atoms with Gasteiger partial charge in [-0.3, -0.25) is 0 Å². The number of ether oxygens (including phenoxy) is 1. The van der Waals surface area contributed by atoms with Crippen LogP contribution in [-0.2, 0) is 0 Å². The van der Waals surface area contributed by atoms with Crippen molar-refractivity contribution in [2.24, 2.45) is 0 Å². The highest BCUT2D eigenvalue weighted by Crippen LogP contribution is 2.32. The molecule has 100 valence electrons. The monoisotopic (exact) mass is 258 g/mol. The molecule has 4 nitrogen and oxygen atoms in total. The summed E-state index contributed by atoms with van der Waals surface area (Å²) in [6.07, 6.45) is 2.04. The van der Waals surface area contributed by atoms with Crippen LogP contribution in [0.3, 0.4) is 0 Å². The molecule has 0 aliphatic heterocycles. The third-order valence-corrected chi connectivity index (χ3v) is 2.82. The second kappa shape index (κ2) is 6.81. The third-order valence-electron chi connectivity index (χ3n) is 2.82. The molecule has 0 radical (unpaired) electrons. The molecule has 0 amide bonds. The molecular formula is C15H18N2O2. The lowest BCUT2D eigenvalue weighted by atomic mass is 10.2. The number of hydrogen-bond acceptors (Lipinski definition) is 4. The first-order valence-electron chi connectivity index (χ1n) is 6.62. The second-order valence-electron chi connectivity index (χ2n) is 4.32. The summed E-state index contributed by atoms with van der Waals surface area (Å²) in [6, 6.07) is 9.58. The Kier molecular flexibility index (Phi) is 4.82. The third kappa shape index (κ3) is 3.27. The summed E-state index contributed by atoms with van der Waals surface area (Å²) in [5.74, 6) is 0.816. The van der Waals surface area contributed by atoms with Crippen LogP contribution >= 0.6 is 0 Å². The molecule has 19 heavy (non-hydrogen) atoms. The summed E-state index contributed by atoms with van der Waals surface area (Å²) in [7, 11) is 0. The summed E-state index contributed by atoms with van der Waals surface area (Å²) in [4.78, 5) is 0. The molecule has 0 fully saturated rings. The highest BCUT2D eigenvalue weighted by atomic mass is 16.5. The average Bonchev–Trinajstić information content (AvgIpc) is 2.81. The molecule has 1 N–H and O–H groups in total. The fourth-order valence-electron chi connectivity index (χ4n) is 1.91. The van der Waals surface area contributed by atoms with Crippen LogP contribution in [0, 0.1) is 11.3 Å². The molecule has 0 aliphatic carbocycles. The SMILES string of the molecule is CCCNCCCOc1c(C#N)oc2ccccc12. The van der Waals surface area contributed by atoms with E-state index < -0.39 is 0 Å². The standard InChI is InChI=1S/C15H18N2O2/c1-2-8-17-9-5-10-18-15-12-6-3-4-7-13(12)19-14(15)11-16/h3-4,6-7,17H,2,5,8-10H2,1H3. The maximum atomic E-state index is 9.06. The van der Waals surface area contributed by atoms with Gasteiger partial charge in [0.05, 0.1) is 12.0 Å². The normalized spacial score (nSPS) is 10.5. The Morgan fingerprint density at radius 3 is 2.95 bits per heavy atom. The van der Waals surface area contributed by atoms with Gasteiger partial charge in [-0.1, -0.05) is 19.1 Å². The first-order valence-corrected chi connectivity index (χ1v) is 6.62. The van der Waals surface area contributed by atoms with Crippen LogP contribution in [-0.4, -0.2) is 19.7 Å². The zero-order chi connectivity index (χ0) is 13.5. The van der Waals surface area contributed by atoms with E-state index in [9.17, 15) is 0 Å². The lowest BCUT2D eigenvalue weighted by Gasteiger charge is -2.05. The fourth-order valence-corrected chi connectivity index (χ4v) is 1.91. The first kappa shape index (κ1) is 13.4. The van der Waals surface area contributed by atoms with Crippen molar-refractivity contribution in [2.75, 3.05) is 19.7 Å². The zero-order valence-electron chi connectivity index (χ0n) is 11.1. The summed E-state index contributed by atoms with van der Waals surface area (Å²) in [5.41, 5.74) is 0.693. The maximum Gasteiger partial charge on any atom is 0.246 e. The van der Waals surface area contributed by atoms with Crippen molar-refractivity contribution < 1.29 is 9.15 Å². The van der Waals surface area contributed by atoms with Crippen molar-refractivity contribution in [3.05, 3.63) is 30.0 Å². The average molecular weight is 258 g/mol. The van der Waals surface area contributed by atoms with Crippen molar-refractivity contribution in [2.45, 2.75) is 19.8 Å². The molecule has 4 heteroatoms. The molecule has 1 aromatic carbocycles. The number of benzene rings is 1. The lowest BCUT2D eigenvalue weighted by molar-refractivity contribution is 0.306. The number of hydrogen-bond donors (Lipinski definition) is 1. The van der Waals surface area contributed by atoms with Gasteiger partial charge < -0.3 is 14.5 Å². The lowest BCUT2D eigenvalue weighted by Crippen LogP contribution is -2.18. The molecule has 2 aromatic rings. The Bertz CT molecular complexity index is 569. The molecule has 0 bridgehead atoms. The van der Waals surface area contributed by atoms with E-state index in [4.69, 9.17) is 14.4 Å². The summed E-state index contributed by atoms with van der Waals surface area (Å²) < 4.78 is 11.1. The number of fused-ring (bicyclic) bond motifs is 1. The van der Waals surface area contributed by atoms with Gasteiger partial charge in [-0.2, -0.15) is 5.26 Å². The minimum absolute atomic E-state index is 0.253. The number of rotatable bonds is 7. The number of furan rings is 1. The molecule has 0 saturated carbocycles. The fraction of sp³-hybridized carbons (Fsp3) is 0.400. The molecule has 1 heterocycles. The van der Waals surface area contributed by atoms with Gasteiger partial charge in [-0.05, 0) is 38.1 Å². The van der Waals surface area contributed by atoms with Crippen LogP contribution in [0.4, 0.5) is 0 Å². The molecule has 0 spiro atoms. The van der Waals surface area contributed by atoms with Crippen LogP contribution in [0.25, 0.3) is 11.0 Å². The van der Waals surface area contributed by atoms with Crippen molar-refractivity contribution in [3.8, 4) is 11.8 Å². The number of nitrogens with one attached hydrogen (secondary N) is 1. The molecule has 0 aliphatic rings. The number of nitrogens with zero attached hydrogens (tertiary/aromatic N) is 1. The van der Waals surface area contributed by atoms with E-state index in [0.29, 0.717) is 17.9 Å². The van der Waals surface area contributed by atoms with Gasteiger partial charge in [0.2, 0.25) is 5.76 Å². The Morgan fingerprint density at radius 1 is 1.32 bits per heavy atom. The molecule has 2 rings (SSSR count). The van der Waals surface area contributed by atoms with Crippen LogP contribution in [0.15, 0.2) is 28.7 Å². The van der Waals surface area contributed by atoms with Gasteiger partial charge in [0.1, 0.15) is 11.7 Å². The topological polar surface area (TPSA) is 58.2 Å². The van der Waals surface area contributed by atoms with E-state index in [1.807, 2.05) is 30.3 Å². The van der Waals surface area contributed by atoms with Crippen molar-refractivity contribution in [1.29, 1.82) is 5.26 Å². The van der Waals surface area contributed by atoms with Crippen LogP contribution in [0.1, 0.15) is 25.5 Å². The smallest absolute Gasteiger partial charge is 0.246 e. The highest BCUT2D eigenvalue weighted by molar-refractivity contribution is 5.86. The van der Waals surface area contributed by atoms with Gasteiger partial charge in [0.25, 0.3) is 0 Å². The maximum absolute atomic E-state index is 9.06. The Labute approximate surface area is 113 Å². The van der Waals surface area contributed by atoms with E-state index >= 15 is 0 Å². The highest BCUT2D eigenvalue weighted by Gasteiger charge is 2.14. The van der Waals surface area contributed by atoms with Gasteiger partial charge in [0.15, 0.2) is 5.75 Å². The summed E-state index contributed by atoms with van der Waals surface area (Å²) in [5, 5.41) is 13.2. The molecule has 0 atom stereocenters. The minimum atomic E-state index is 0.253. The second-order valence-corrected chi connectivity index (χ2v) is 4.32. The van der Waals surface area contributed by atoms with E-state index in [0.717, 1.165) is 31.3 Å². The number of nitriles is 1. The van der Waals surface area contributed by atoms with Gasteiger partial charge in [-0.25, -0.2) is 0 Å². The van der Waals surface area contributed by atoms with Gasteiger partial charge in [-0.15, -0.1) is 0 Å². The minimum Gasteiger partial charge on any atom is -0.488 e. The van der Waals surface area contributed by atoms with Crippen molar-refractivity contribution in [3.63, 3.8) is 0 Å². The van der Waals surface area contributed by atoms with Gasteiger partial charge in [0, 0.05) is 0 Å². The van der Waals surface area contributed by atoms with E-state index in [2.05, 4.69) is 12.2 Å². The first-order chi connectivity index (χ1) is 9.36. The van der Waals surface area contributed by atoms with E-state index in [1.165, 1.54) is 0 Å². The summed E-state index contributed by atoms with van der Waals surface area (Å²) in [6.45, 7) is 4.67. The van der Waals surface area contributed by atoms with Crippen LogP contribution in [0.2, 0.25) is 0 Å². The summed E-state index contributed by atoms with van der Waals surface area (Å²) >= 11 is 0. The molecular weight excluding hydrogens is 240 g/mol. The Balaban J connectivity index is 1.98. The van der Waals surface area contributed by atoms with Gasteiger partial charge >= 0.3 is 0 Å². The Hall–Kier alpha value is -1.99. The van der Waals surface area contributed by atoms with Crippen molar-refractivity contribution in [1.82, 2.24) is 5.32 Å². The molecule has 0 saturated heterocycles. The predicted molar refractivity (Wildman–Crippen MR) is 74.2 cm³/mol. The largest absolute Gasteiger partial charge is 0.488 e. The number of para-hydroxylation sites is 1. The van der Waals surface area contributed by atoms with E-state index in [1.54, 1.807) is 0 Å². The van der Waals surface area contributed by atoms with Crippen molar-refractivity contribution >= 4 is 11.0 Å². The quantitative estimate of drug-likeness (QED) is 0.775. The Morgan fingerprint density at radius 2 is 2.16 bits per heavy atom. The van der Waals surface area contributed by atoms with Crippen LogP contribution in [0.5, 0.6) is 5.75 Å².